The molecule has 0 radical (unpaired) electrons. The van der Waals surface area contributed by atoms with Crippen LogP contribution in [0.5, 0.6) is 0 Å². The van der Waals surface area contributed by atoms with Gasteiger partial charge in [0.2, 0.25) is 6.33 Å². The molecule has 3 rings (SSSR count). The molecule has 0 saturated heterocycles. The van der Waals surface area contributed by atoms with Crippen molar-refractivity contribution in [2.24, 2.45) is 0 Å². The average Bonchev–Trinajstić information content (AvgIpc) is 2.97. The van der Waals surface area contributed by atoms with Crippen molar-refractivity contribution in [2.75, 3.05) is 0 Å². The lowest BCUT2D eigenvalue weighted by Crippen LogP contribution is -2.01. The summed E-state index contributed by atoms with van der Waals surface area (Å²) >= 11 is 0. The van der Waals surface area contributed by atoms with Crippen molar-refractivity contribution in [1.82, 2.24) is 14.8 Å². The molecule has 1 aromatic heterocycles. The second kappa shape index (κ2) is 5.70. The maximum absolute atomic E-state index is 10.5. The molecule has 0 atom stereocenters. The molecule has 6 heteroatoms. The second-order valence-corrected chi connectivity index (χ2v) is 4.81. The molecule has 2 aromatic carbocycles. The summed E-state index contributed by atoms with van der Waals surface area (Å²) in [6, 6.07) is 14.5. The molecule has 0 unspecified atom stereocenters. The van der Waals surface area contributed by atoms with Crippen molar-refractivity contribution >= 4 is 16.7 Å². The van der Waals surface area contributed by atoms with Gasteiger partial charge >= 0.3 is 5.95 Å². The van der Waals surface area contributed by atoms with Gasteiger partial charge in [-0.3, -0.25) is 0 Å². The lowest BCUT2D eigenvalue weighted by Gasteiger charge is -2.05. The normalized spacial score (nSPS) is 10.9. The van der Waals surface area contributed by atoms with Gasteiger partial charge in [-0.2, -0.15) is 4.68 Å². The van der Waals surface area contributed by atoms with E-state index >= 15 is 0 Å². The Bertz CT molecular complexity index is 777. The minimum absolute atomic E-state index is 0.347. The van der Waals surface area contributed by atoms with Gasteiger partial charge in [-0.25, -0.2) is 0 Å². The van der Waals surface area contributed by atoms with Crippen LogP contribution in [-0.2, 0) is 13.0 Å². The average molecular weight is 282 g/mol. The van der Waals surface area contributed by atoms with Crippen LogP contribution in [0.4, 0.5) is 5.95 Å². The zero-order valence-corrected chi connectivity index (χ0v) is 11.3. The molecule has 3 aromatic rings. The van der Waals surface area contributed by atoms with E-state index in [0.29, 0.717) is 6.54 Å². The monoisotopic (exact) mass is 282 g/mol. The van der Waals surface area contributed by atoms with Gasteiger partial charge in [-0.05, 0) is 34.1 Å². The molecule has 0 N–H and O–H groups in total. The van der Waals surface area contributed by atoms with Gasteiger partial charge in [-0.1, -0.05) is 47.4 Å². The molecule has 0 aliphatic rings. The van der Waals surface area contributed by atoms with E-state index in [0.717, 1.165) is 12.8 Å². The van der Waals surface area contributed by atoms with Crippen molar-refractivity contribution in [2.45, 2.75) is 19.4 Å². The van der Waals surface area contributed by atoms with E-state index in [2.05, 4.69) is 40.4 Å². The lowest BCUT2D eigenvalue weighted by molar-refractivity contribution is -0.394. The van der Waals surface area contributed by atoms with Crippen molar-refractivity contribution < 1.29 is 4.92 Å². The highest BCUT2D eigenvalue weighted by molar-refractivity contribution is 5.85. The van der Waals surface area contributed by atoms with Crippen LogP contribution >= 0.6 is 0 Å². The number of benzene rings is 2. The Hall–Kier alpha value is -2.76. The van der Waals surface area contributed by atoms with Crippen LogP contribution in [0.1, 0.15) is 12.0 Å². The standard InChI is InChI=1S/C15H14N4O2/c20-19(21)15-16-11-18(17-15)10-4-8-13-7-3-6-12-5-1-2-9-14(12)13/h1-3,5-7,9,11H,4,8,10H2. The van der Waals surface area contributed by atoms with Crippen LogP contribution in [0, 0.1) is 10.1 Å². The van der Waals surface area contributed by atoms with E-state index in [1.54, 1.807) is 0 Å². The van der Waals surface area contributed by atoms with Gasteiger partial charge in [-0.15, -0.1) is 0 Å². The smallest absolute Gasteiger partial charge is 0.390 e. The summed E-state index contributed by atoms with van der Waals surface area (Å²) in [6.07, 6.45) is 3.16. The Balaban J connectivity index is 1.68. The Morgan fingerprint density at radius 2 is 1.95 bits per heavy atom. The number of hydrogen-bond donors (Lipinski definition) is 0. The van der Waals surface area contributed by atoms with Crippen LogP contribution in [-0.4, -0.2) is 19.7 Å². The molecule has 6 nitrogen and oxygen atoms in total. The maximum atomic E-state index is 10.5. The molecule has 106 valence electrons. The van der Waals surface area contributed by atoms with Gasteiger partial charge in [0.15, 0.2) is 0 Å². The first-order valence-electron chi connectivity index (χ1n) is 6.74. The molecule has 21 heavy (non-hydrogen) atoms. The molecule has 0 saturated carbocycles. The molecule has 0 amide bonds. The van der Waals surface area contributed by atoms with Crippen LogP contribution < -0.4 is 0 Å². The zero-order chi connectivity index (χ0) is 14.7. The quantitative estimate of drug-likeness (QED) is 0.532. The molecule has 0 aliphatic carbocycles. The maximum Gasteiger partial charge on any atom is 0.490 e. The molecular weight excluding hydrogens is 268 g/mol. The van der Waals surface area contributed by atoms with E-state index in [1.807, 2.05) is 12.1 Å². The van der Waals surface area contributed by atoms with E-state index in [1.165, 1.54) is 27.3 Å². The van der Waals surface area contributed by atoms with Gasteiger partial charge in [0.05, 0.1) is 6.54 Å². The largest absolute Gasteiger partial charge is 0.490 e. The molecular formula is C15H14N4O2. The Kier molecular flexibility index (Phi) is 3.59. The topological polar surface area (TPSA) is 73.8 Å². The third kappa shape index (κ3) is 2.89. The van der Waals surface area contributed by atoms with Gasteiger partial charge in [0.1, 0.15) is 0 Å². The first-order valence-corrected chi connectivity index (χ1v) is 6.74. The summed E-state index contributed by atoms with van der Waals surface area (Å²) in [6.45, 7) is 0.615. The van der Waals surface area contributed by atoms with Gasteiger partial charge < -0.3 is 10.1 Å². The lowest BCUT2D eigenvalue weighted by atomic mass is 10.0. The highest BCUT2D eigenvalue weighted by atomic mass is 16.6. The number of aromatic nitrogens is 3. The summed E-state index contributed by atoms with van der Waals surface area (Å²) in [4.78, 5) is 13.6. The molecule has 0 fully saturated rings. The predicted octanol–water partition coefficient (Wildman–Crippen LogP) is 2.97. The van der Waals surface area contributed by atoms with E-state index in [-0.39, 0.29) is 5.95 Å². The summed E-state index contributed by atoms with van der Waals surface area (Å²) in [5.74, 6) is -0.347. The fraction of sp³-hybridized carbons (Fsp3) is 0.200. The van der Waals surface area contributed by atoms with Crippen molar-refractivity contribution in [3.8, 4) is 0 Å². The number of rotatable bonds is 5. The second-order valence-electron chi connectivity index (χ2n) is 4.81. The third-order valence-corrected chi connectivity index (χ3v) is 3.40. The van der Waals surface area contributed by atoms with Crippen molar-refractivity contribution in [3.63, 3.8) is 0 Å². The third-order valence-electron chi connectivity index (χ3n) is 3.40. The molecule has 1 heterocycles. The minimum atomic E-state index is -0.582. The highest BCUT2D eigenvalue weighted by Crippen LogP contribution is 2.19. The van der Waals surface area contributed by atoms with E-state index in [9.17, 15) is 10.1 Å². The Morgan fingerprint density at radius 3 is 2.76 bits per heavy atom. The van der Waals surface area contributed by atoms with Crippen LogP contribution in [0.15, 0.2) is 48.8 Å². The van der Waals surface area contributed by atoms with E-state index in [4.69, 9.17) is 0 Å². The number of aryl methyl sites for hydroxylation is 2. The Morgan fingerprint density at radius 1 is 1.14 bits per heavy atom. The first-order chi connectivity index (χ1) is 10.2. The zero-order valence-electron chi connectivity index (χ0n) is 11.3. The van der Waals surface area contributed by atoms with Crippen molar-refractivity contribution in [1.29, 1.82) is 0 Å². The summed E-state index contributed by atoms with van der Waals surface area (Å²) in [7, 11) is 0. The van der Waals surface area contributed by atoms with Crippen LogP contribution in [0.2, 0.25) is 0 Å². The van der Waals surface area contributed by atoms with Crippen molar-refractivity contribution in [3.05, 3.63) is 64.5 Å². The number of hydrogen-bond acceptors (Lipinski definition) is 4. The van der Waals surface area contributed by atoms with Gasteiger partial charge in [0, 0.05) is 5.10 Å². The van der Waals surface area contributed by atoms with Crippen LogP contribution in [0.25, 0.3) is 10.8 Å². The fourth-order valence-corrected chi connectivity index (χ4v) is 2.42. The number of nitro groups is 1. The fourth-order valence-electron chi connectivity index (χ4n) is 2.42. The SMILES string of the molecule is O=[N+]([O-])c1ncn(CCCc2cccc3ccccc23)n1. The number of nitrogens with zero attached hydrogens (tertiary/aromatic N) is 4. The van der Waals surface area contributed by atoms with E-state index < -0.39 is 4.92 Å². The highest BCUT2D eigenvalue weighted by Gasteiger charge is 2.12. The summed E-state index contributed by atoms with van der Waals surface area (Å²) < 4.78 is 1.52. The van der Waals surface area contributed by atoms with Gasteiger partial charge in [0.25, 0.3) is 0 Å². The minimum Gasteiger partial charge on any atom is -0.390 e. The Labute approximate surface area is 121 Å². The molecule has 0 bridgehead atoms. The first kappa shape index (κ1) is 13.2. The predicted molar refractivity (Wildman–Crippen MR) is 78.9 cm³/mol. The molecule has 0 spiro atoms. The number of fused-ring (bicyclic) bond motifs is 1. The summed E-state index contributed by atoms with van der Waals surface area (Å²) in [5.41, 5.74) is 1.28. The van der Waals surface area contributed by atoms with Crippen LogP contribution in [0.3, 0.4) is 0 Å². The summed E-state index contributed by atoms with van der Waals surface area (Å²) in [5, 5.41) is 16.8. The molecule has 0 aliphatic heterocycles.